The van der Waals surface area contributed by atoms with E-state index < -0.39 is 10.0 Å². The SMILES string of the molecule is CCOc1ccc(CCNC(=NC)NCCCNS(C)(=O)=O)cc1OCC.I. The predicted molar refractivity (Wildman–Crippen MR) is 125 cm³/mol. The van der Waals surface area contributed by atoms with E-state index in [0.717, 1.165) is 29.7 Å². The van der Waals surface area contributed by atoms with Gasteiger partial charge >= 0.3 is 0 Å². The van der Waals surface area contributed by atoms with Crippen LogP contribution in [0.4, 0.5) is 0 Å². The molecule has 8 nitrogen and oxygen atoms in total. The first-order valence-corrected chi connectivity index (χ1v) is 11.1. The van der Waals surface area contributed by atoms with Crippen LogP contribution >= 0.6 is 24.0 Å². The number of hydrogen-bond acceptors (Lipinski definition) is 5. The number of nitrogens with zero attached hydrogens (tertiary/aromatic N) is 1. The van der Waals surface area contributed by atoms with Gasteiger partial charge in [0.15, 0.2) is 17.5 Å². The van der Waals surface area contributed by atoms with Crippen LogP contribution < -0.4 is 24.8 Å². The lowest BCUT2D eigenvalue weighted by Crippen LogP contribution is -2.39. The molecule has 0 radical (unpaired) electrons. The van der Waals surface area contributed by atoms with Crippen molar-refractivity contribution in [1.82, 2.24) is 15.4 Å². The zero-order chi connectivity index (χ0) is 20.1. The third kappa shape index (κ3) is 11.5. The number of aliphatic imine (C=N–C) groups is 1. The van der Waals surface area contributed by atoms with Crippen molar-refractivity contribution < 1.29 is 17.9 Å². The van der Waals surface area contributed by atoms with Gasteiger partial charge in [-0.2, -0.15) is 0 Å². The maximum absolute atomic E-state index is 11.0. The van der Waals surface area contributed by atoms with Crippen molar-refractivity contribution in [1.29, 1.82) is 0 Å². The van der Waals surface area contributed by atoms with Crippen molar-refractivity contribution in [2.45, 2.75) is 26.7 Å². The highest BCUT2D eigenvalue weighted by atomic mass is 127. The molecule has 0 aliphatic carbocycles. The summed E-state index contributed by atoms with van der Waals surface area (Å²) in [5.41, 5.74) is 1.14. The van der Waals surface area contributed by atoms with Crippen LogP contribution in [0.15, 0.2) is 23.2 Å². The van der Waals surface area contributed by atoms with Crippen LogP contribution in [-0.2, 0) is 16.4 Å². The van der Waals surface area contributed by atoms with Gasteiger partial charge in [-0.1, -0.05) is 6.07 Å². The quantitative estimate of drug-likeness (QED) is 0.166. The van der Waals surface area contributed by atoms with E-state index in [-0.39, 0.29) is 24.0 Å². The van der Waals surface area contributed by atoms with E-state index in [1.807, 2.05) is 32.0 Å². The van der Waals surface area contributed by atoms with Crippen molar-refractivity contribution in [3.05, 3.63) is 23.8 Å². The summed E-state index contributed by atoms with van der Waals surface area (Å²) in [4.78, 5) is 4.16. The molecule has 0 saturated carbocycles. The van der Waals surface area contributed by atoms with E-state index in [9.17, 15) is 8.42 Å². The fraction of sp³-hybridized carbons (Fsp3) is 0.611. The third-order valence-corrected chi connectivity index (χ3v) is 4.28. The van der Waals surface area contributed by atoms with Crippen molar-refractivity contribution in [2.75, 3.05) is 46.2 Å². The fourth-order valence-electron chi connectivity index (χ4n) is 2.35. The summed E-state index contributed by atoms with van der Waals surface area (Å²) in [6.07, 6.45) is 2.63. The maximum atomic E-state index is 11.0. The highest BCUT2D eigenvalue weighted by Gasteiger charge is 2.06. The Bertz CT molecular complexity index is 699. The van der Waals surface area contributed by atoms with Crippen molar-refractivity contribution >= 4 is 40.0 Å². The highest BCUT2D eigenvalue weighted by molar-refractivity contribution is 14.0. The second-order valence-electron chi connectivity index (χ2n) is 5.84. The first-order valence-electron chi connectivity index (χ1n) is 9.17. The molecule has 162 valence electrons. The summed E-state index contributed by atoms with van der Waals surface area (Å²) >= 11 is 0. The number of benzene rings is 1. The Morgan fingerprint density at radius 3 is 2.29 bits per heavy atom. The molecule has 0 fully saturated rings. The van der Waals surface area contributed by atoms with Crippen LogP contribution in [-0.4, -0.2) is 60.5 Å². The van der Waals surface area contributed by atoms with Crippen LogP contribution in [0.3, 0.4) is 0 Å². The number of hydrogen-bond donors (Lipinski definition) is 3. The van der Waals surface area contributed by atoms with Gasteiger partial charge in [0, 0.05) is 26.7 Å². The molecule has 0 saturated heterocycles. The molecule has 0 aliphatic heterocycles. The van der Waals surface area contributed by atoms with E-state index in [1.54, 1.807) is 7.05 Å². The van der Waals surface area contributed by atoms with Gasteiger partial charge in [0.25, 0.3) is 0 Å². The van der Waals surface area contributed by atoms with Crippen molar-refractivity contribution in [3.63, 3.8) is 0 Å². The predicted octanol–water partition coefficient (Wildman–Crippen LogP) is 1.75. The van der Waals surface area contributed by atoms with Gasteiger partial charge in [-0.3, -0.25) is 4.99 Å². The van der Waals surface area contributed by atoms with E-state index in [1.165, 1.54) is 0 Å². The van der Waals surface area contributed by atoms with Gasteiger partial charge in [0.2, 0.25) is 10.0 Å². The summed E-state index contributed by atoms with van der Waals surface area (Å²) in [6.45, 7) is 6.82. The Kier molecular flexibility index (Phi) is 14.0. The Morgan fingerprint density at radius 1 is 1.04 bits per heavy atom. The Morgan fingerprint density at radius 2 is 1.68 bits per heavy atom. The number of nitrogens with one attached hydrogen (secondary N) is 3. The molecule has 10 heteroatoms. The molecule has 0 aliphatic rings. The first kappa shape index (κ1) is 26.7. The van der Waals surface area contributed by atoms with Crippen LogP contribution in [0.1, 0.15) is 25.8 Å². The fourth-order valence-corrected chi connectivity index (χ4v) is 2.86. The van der Waals surface area contributed by atoms with Gasteiger partial charge < -0.3 is 20.1 Å². The maximum Gasteiger partial charge on any atom is 0.208 e. The van der Waals surface area contributed by atoms with Crippen LogP contribution in [0.25, 0.3) is 0 Å². The van der Waals surface area contributed by atoms with Crippen LogP contribution in [0.5, 0.6) is 11.5 Å². The lowest BCUT2D eigenvalue weighted by atomic mass is 10.1. The molecule has 1 aromatic carbocycles. The molecule has 0 spiro atoms. The number of rotatable bonds is 12. The molecule has 0 heterocycles. The molecule has 0 amide bonds. The third-order valence-electron chi connectivity index (χ3n) is 3.55. The number of ether oxygens (including phenoxy) is 2. The second-order valence-corrected chi connectivity index (χ2v) is 7.68. The molecular formula is C18H33IN4O4S. The van der Waals surface area contributed by atoms with Crippen LogP contribution in [0.2, 0.25) is 0 Å². The lowest BCUT2D eigenvalue weighted by molar-refractivity contribution is 0.287. The normalized spacial score (nSPS) is 11.5. The molecule has 0 bridgehead atoms. The molecular weight excluding hydrogens is 495 g/mol. The van der Waals surface area contributed by atoms with Gasteiger partial charge in [-0.05, 0) is 44.4 Å². The molecule has 1 rings (SSSR count). The second kappa shape index (κ2) is 14.7. The lowest BCUT2D eigenvalue weighted by Gasteiger charge is -2.14. The summed E-state index contributed by atoms with van der Waals surface area (Å²) in [7, 11) is -1.43. The zero-order valence-electron chi connectivity index (χ0n) is 17.1. The Labute approximate surface area is 185 Å². The molecule has 3 N–H and O–H groups in total. The van der Waals surface area contributed by atoms with E-state index >= 15 is 0 Å². The zero-order valence-corrected chi connectivity index (χ0v) is 20.2. The molecule has 0 unspecified atom stereocenters. The largest absolute Gasteiger partial charge is 0.490 e. The molecule has 28 heavy (non-hydrogen) atoms. The minimum absolute atomic E-state index is 0. The average molecular weight is 528 g/mol. The standard InChI is InChI=1S/C18H32N4O4S.HI/c1-5-25-16-9-8-15(14-17(16)26-6-2)10-13-21-18(19-3)20-11-7-12-22-27(4,23)24;/h8-9,14,22H,5-7,10-13H2,1-4H3,(H2,19,20,21);1H. The topological polar surface area (TPSA) is 101 Å². The van der Waals surface area contributed by atoms with Gasteiger partial charge in [0.05, 0.1) is 19.5 Å². The number of guanidine groups is 1. The number of sulfonamides is 1. The Balaban J connectivity index is 0.00000729. The summed E-state index contributed by atoms with van der Waals surface area (Å²) in [6, 6.07) is 5.97. The number of halogens is 1. The highest BCUT2D eigenvalue weighted by Crippen LogP contribution is 2.28. The summed E-state index contributed by atoms with van der Waals surface area (Å²) in [5, 5.41) is 6.40. The molecule has 0 aromatic heterocycles. The summed E-state index contributed by atoms with van der Waals surface area (Å²) < 4.78 is 35.7. The molecule has 1 aromatic rings. The van der Waals surface area contributed by atoms with Crippen molar-refractivity contribution in [2.24, 2.45) is 4.99 Å². The monoisotopic (exact) mass is 528 g/mol. The average Bonchev–Trinajstić information content (AvgIpc) is 2.61. The first-order chi connectivity index (χ1) is 12.9. The van der Waals surface area contributed by atoms with E-state index in [4.69, 9.17) is 9.47 Å². The van der Waals surface area contributed by atoms with Gasteiger partial charge in [0.1, 0.15) is 0 Å². The minimum atomic E-state index is -3.13. The van der Waals surface area contributed by atoms with E-state index in [2.05, 4.69) is 20.3 Å². The van der Waals surface area contributed by atoms with Gasteiger partial charge in [-0.25, -0.2) is 13.1 Å². The summed E-state index contributed by atoms with van der Waals surface area (Å²) in [5.74, 6) is 2.21. The van der Waals surface area contributed by atoms with Crippen LogP contribution in [0, 0.1) is 0 Å². The minimum Gasteiger partial charge on any atom is -0.490 e. The Hall–Kier alpha value is -1.27. The van der Waals surface area contributed by atoms with E-state index in [0.29, 0.717) is 45.2 Å². The molecule has 0 atom stereocenters. The van der Waals surface area contributed by atoms with Crippen molar-refractivity contribution in [3.8, 4) is 11.5 Å². The smallest absolute Gasteiger partial charge is 0.208 e. The van der Waals surface area contributed by atoms with Gasteiger partial charge in [-0.15, -0.1) is 24.0 Å².